The van der Waals surface area contributed by atoms with Crippen molar-refractivity contribution in [2.75, 3.05) is 18.2 Å². The van der Waals surface area contributed by atoms with Gasteiger partial charge in [-0.15, -0.1) is 0 Å². The number of ether oxygens (including phenoxy) is 1. The highest BCUT2D eigenvalue weighted by Crippen LogP contribution is 2.19. The molecule has 2 aromatic carbocycles. The monoisotopic (exact) mass is 420 g/mol. The lowest BCUT2D eigenvalue weighted by atomic mass is 10.1. The molecule has 0 saturated carbocycles. The third-order valence-corrected chi connectivity index (χ3v) is 4.82. The van der Waals surface area contributed by atoms with Gasteiger partial charge in [0, 0.05) is 18.3 Å². The maximum Gasteiger partial charge on any atom is 0.322 e. The van der Waals surface area contributed by atoms with E-state index in [1.54, 1.807) is 41.3 Å². The van der Waals surface area contributed by atoms with E-state index in [4.69, 9.17) is 8.92 Å². The van der Waals surface area contributed by atoms with Crippen LogP contribution in [0.4, 0.5) is 10.5 Å². The van der Waals surface area contributed by atoms with Crippen LogP contribution in [0.1, 0.15) is 32.8 Å². The van der Waals surface area contributed by atoms with E-state index >= 15 is 0 Å². The van der Waals surface area contributed by atoms with E-state index in [0.29, 0.717) is 18.8 Å². The molecule has 7 nitrogen and oxygen atoms in total. The minimum Gasteiger partial charge on any atom is -0.494 e. The Balaban J connectivity index is 2.09. The second-order valence-electron chi connectivity index (χ2n) is 6.70. The van der Waals surface area contributed by atoms with Gasteiger partial charge in [-0.3, -0.25) is 0 Å². The Labute approximate surface area is 172 Å². The number of hydrogen-bond donors (Lipinski definition) is 1. The number of benzene rings is 2. The second-order valence-corrected chi connectivity index (χ2v) is 8.28. The molecule has 0 fully saturated rings. The smallest absolute Gasteiger partial charge is 0.322 e. The van der Waals surface area contributed by atoms with Crippen molar-refractivity contribution >= 4 is 21.8 Å². The van der Waals surface area contributed by atoms with Crippen molar-refractivity contribution in [3.05, 3.63) is 54.1 Å². The average Bonchev–Trinajstić information content (AvgIpc) is 2.67. The molecule has 0 aliphatic rings. The number of nitrogens with one attached hydrogen (secondary N) is 1. The van der Waals surface area contributed by atoms with Crippen LogP contribution in [0, 0.1) is 0 Å². The summed E-state index contributed by atoms with van der Waals surface area (Å²) in [4.78, 5) is 14.6. The summed E-state index contributed by atoms with van der Waals surface area (Å²) < 4.78 is 32.7. The molecule has 0 aromatic heterocycles. The number of urea groups is 1. The molecule has 0 bridgehead atoms. The first kappa shape index (κ1) is 22.5. The van der Waals surface area contributed by atoms with Gasteiger partial charge in [-0.25, -0.2) is 4.79 Å². The predicted octanol–water partition coefficient (Wildman–Crippen LogP) is 4.26. The first-order valence-electron chi connectivity index (χ1n) is 9.50. The first-order chi connectivity index (χ1) is 13.7. The van der Waals surface area contributed by atoms with Gasteiger partial charge in [0.25, 0.3) is 0 Å². The third-order valence-electron chi connectivity index (χ3n) is 4.32. The lowest BCUT2D eigenvalue weighted by Gasteiger charge is -2.29. The van der Waals surface area contributed by atoms with Crippen LogP contribution in [-0.2, 0) is 16.7 Å². The molecule has 0 heterocycles. The van der Waals surface area contributed by atoms with Crippen molar-refractivity contribution < 1.29 is 22.1 Å². The molecule has 29 heavy (non-hydrogen) atoms. The molecule has 1 atom stereocenters. The van der Waals surface area contributed by atoms with Crippen LogP contribution in [-0.4, -0.2) is 38.3 Å². The van der Waals surface area contributed by atoms with Gasteiger partial charge < -0.3 is 19.1 Å². The topological polar surface area (TPSA) is 84.9 Å². The van der Waals surface area contributed by atoms with Crippen LogP contribution >= 0.6 is 0 Å². The summed E-state index contributed by atoms with van der Waals surface area (Å²) in [6.07, 6.45) is 1.79. The van der Waals surface area contributed by atoms with E-state index in [2.05, 4.69) is 5.32 Å². The van der Waals surface area contributed by atoms with Crippen LogP contribution in [0.15, 0.2) is 48.5 Å². The lowest BCUT2D eigenvalue weighted by molar-refractivity contribution is 0.187. The summed E-state index contributed by atoms with van der Waals surface area (Å²) >= 11 is 0. The molecule has 1 unspecified atom stereocenters. The Morgan fingerprint density at radius 3 is 2.14 bits per heavy atom. The average molecular weight is 421 g/mol. The van der Waals surface area contributed by atoms with Gasteiger partial charge in [-0.2, -0.15) is 8.42 Å². The number of rotatable bonds is 9. The SMILES string of the molecule is CCOc1ccc(NC(=O)N(Cc2ccc(OS(C)(=O)=O)cc2)C(C)CC)cc1. The standard InChI is InChI=1S/C21H28N2O5S/c1-5-16(3)23(15-17-7-11-20(12-8-17)28-29(4,25)26)21(24)22-18-9-13-19(14-10-18)27-6-2/h7-14,16H,5-6,15H2,1-4H3,(H,22,24). The highest BCUT2D eigenvalue weighted by atomic mass is 32.2. The predicted molar refractivity (Wildman–Crippen MR) is 114 cm³/mol. The van der Waals surface area contributed by atoms with Crippen molar-refractivity contribution in [2.24, 2.45) is 0 Å². The summed E-state index contributed by atoms with van der Waals surface area (Å²) in [5.41, 5.74) is 1.55. The fourth-order valence-corrected chi connectivity index (χ4v) is 3.13. The maximum atomic E-state index is 12.9. The Morgan fingerprint density at radius 2 is 1.62 bits per heavy atom. The van der Waals surface area contributed by atoms with Gasteiger partial charge in [-0.1, -0.05) is 19.1 Å². The number of carbonyl (C=O) groups is 1. The molecule has 2 aromatic rings. The van der Waals surface area contributed by atoms with Gasteiger partial charge in [0.1, 0.15) is 11.5 Å². The molecular formula is C21H28N2O5S. The van der Waals surface area contributed by atoms with Crippen molar-refractivity contribution in [1.29, 1.82) is 0 Å². The van der Waals surface area contributed by atoms with Gasteiger partial charge in [0.2, 0.25) is 0 Å². The number of carbonyl (C=O) groups excluding carboxylic acids is 1. The van der Waals surface area contributed by atoms with Crippen molar-refractivity contribution in [3.8, 4) is 11.5 Å². The van der Waals surface area contributed by atoms with Gasteiger partial charge >= 0.3 is 16.1 Å². The zero-order valence-corrected chi connectivity index (χ0v) is 18.0. The lowest BCUT2D eigenvalue weighted by Crippen LogP contribution is -2.40. The van der Waals surface area contributed by atoms with Gasteiger partial charge in [0.15, 0.2) is 0 Å². The fourth-order valence-electron chi connectivity index (χ4n) is 2.67. The molecule has 1 N–H and O–H groups in total. The van der Waals surface area contributed by atoms with Crippen molar-refractivity contribution in [3.63, 3.8) is 0 Å². The number of hydrogen-bond acceptors (Lipinski definition) is 5. The molecule has 0 saturated heterocycles. The Bertz CT molecular complexity index is 896. The molecule has 0 radical (unpaired) electrons. The molecule has 2 rings (SSSR count). The molecule has 158 valence electrons. The van der Waals surface area contributed by atoms with Crippen LogP contribution < -0.4 is 14.2 Å². The van der Waals surface area contributed by atoms with E-state index in [1.807, 2.05) is 32.9 Å². The molecule has 8 heteroatoms. The summed E-state index contributed by atoms with van der Waals surface area (Å²) in [6, 6.07) is 13.7. The fraction of sp³-hybridized carbons (Fsp3) is 0.381. The molecule has 0 spiro atoms. The van der Waals surface area contributed by atoms with Crippen molar-refractivity contribution in [1.82, 2.24) is 4.90 Å². The highest BCUT2D eigenvalue weighted by molar-refractivity contribution is 7.86. The zero-order valence-electron chi connectivity index (χ0n) is 17.2. The van der Waals surface area contributed by atoms with Crippen LogP contribution in [0.25, 0.3) is 0 Å². The van der Waals surface area contributed by atoms with E-state index in [0.717, 1.165) is 24.0 Å². The van der Waals surface area contributed by atoms with Crippen LogP contribution in [0.2, 0.25) is 0 Å². The summed E-state index contributed by atoms with van der Waals surface area (Å²) in [5.74, 6) is 0.992. The molecular weight excluding hydrogens is 392 g/mol. The molecule has 0 aliphatic heterocycles. The van der Waals surface area contributed by atoms with Crippen LogP contribution in [0.3, 0.4) is 0 Å². The number of anilines is 1. The van der Waals surface area contributed by atoms with E-state index in [9.17, 15) is 13.2 Å². The zero-order chi connectivity index (χ0) is 21.4. The molecule has 0 aliphatic carbocycles. The quantitative estimate of drug-likeness (QED) is 0.613. The van der Waals surface area contributed by atoms with Gasteiger partial charge in [0.05, 0.1) is 12.9 Å². The highest BCUT2D eigenvalue weighted by Gasteiger charge is 2.19. The third kappa shape index (κ3) is 7.30. The van der Waals surface area contributed by atoms with Gasteiger partial charge in [-0.05, 0) is 62.2 Å². The van der Waals surface area contributed by atoms with E-state index in [1.165, 1.54) is 0 Å². The van der Waals surface area contributed by atoms with Crippen molar-refractivity contribution in [2.45, 2.75) is 39.8 Å². The second kappa shape index (κ2) is 10.2. The van der Waals surface area contributed by atoms with E-state index in [-0.39, 0.29) is 17.8 Å². The Morgan fingerprint density at radius 1 is 1.03 bits per heavy atom. The Hall–Kier alpha value is -2.74. The summed E-state index contributed by atoms with van der Waals surface area (Å²) in [6.45, 7) is 6.89. The van der Waals surface area contributed by atoms with Crippen LogP contribution in [0.5, 0.6) is 11.5 Å². The molecule has 2 amide bonds. The largest absolute Gasteiger partial charge is 0.494 e. The number of nitrogens with zero attached hydrogens (tertiary/aromatic N) is 1. The van der Waals surface area contributed by atoms with E-state index < -0.39 is 10.1 Å². The normalized spacial score (nSPS) is 12.1. The maximum absolute atomic E-state index is 12.9. The number of amides is 2. The summed E-state index contributed by atoms with van der Waals surface area (Å²) in [5, 5.41) is 2.92. The minimum atomic E-state index is -3.57. The summed E-state index contributed by atoms with van der Waals surface area (Å²) in [7, 11) is -3.57. The Kier molecular flexibility index (Phi) is 7.90. The minimum absolute atomic E-state index is 0.0182. The first-order valence-corrected chi connectivity index (χ1v) is 11.3.